The lowest BCUT2D eigenvalue weighted by molar-refractivity contribution is -0.384. The molecule has 44 heavy (non-hydrogen) atoms. The van der Waals surface area contributed by atoms with Crippen LogP contribution in [0.2, 0.25) is 0 Å². The Morgan fingerprint density at radius 3 is 1.73 bits per heavy atom. The Labute approximate surface area is 255 Å². The second-order valence-corrected chi connectivity index (χ2v) is 10.1. The fourth-order valence-corrected chi connectivity index (χ4v) is 4.83. The zero-order valence-electron chi connectivity index (χ0n) is 23.9. The van der Waals surface area contributed by atoms with Crippen molar-refractivity contribution in [2.24, 2.45) is 5.16 Å². The average Bonchev–Trinajstić information content (AvgIpc) is 3.08. The van der Waals surface area contributed by atoms with Gasteiger partial charge in [0.15, 0.2) is 5.60 Å². The molecule has 1 N–H and O–H groups in total. The summed E-state index contributed by atoms with van der Waals surface area (Å²) in [6.07, 6.45) is 2.35. The summed E-state index contributed by atoms with van der Waals surface area (Å²) >= 11 is 0. The van der Waals surface area contributed by atoms with Crippen LogP contribution in [-0.2, 0) is 33.1 Å². The van der Waals surface area contributed by atoms with Crippen molar-refractivity contribution in [3.8, 4) is 0 Å². The van der Waals surface area contributed by atoms with Gasteiger partial charge in [0.1, 0.15) is 6.61 Å². The zero-order chi connectivity index (χ0) is 30.6. The minimum Gasteiger partial charge on any atom is -0.391 e. The number of nitro groups is 1. The molecular formula is C36H31N3O5. The Morgan fingerprint density at radius 1 is 0.727 bits per heavy atom. The number of aryl methyl sites for hydroxylation is 1. The van der Waals surface area contributed by atoms with Crippen molar-refractivity contribution in [1.82, 2.24) is 5.48 Å². The van der Waals surface area contributed by atoms with Crippen LogP contribution >= 0.6 is 0 Å². The van der Waals surface area contributed by atoms with Gasteiger partial charge in [-0.1, -0.05) is 120 Å². The molecule has 0 bridgehead atoms. The first-order valence-corrected chi connectivity index (χ1v) is 14.2. The largest absolute Gasteiger partial charge is 0.391 e. The summed E-state index contributed by atoms with van der Waals surface area (Å²) in [5.74, 6) is -0.234. The number of carbonyl (C=O) groups is 1. The van der Waals surface area contributed by atoms with Crippen molar-refractivity contribution in [2.45, 2.75) is 25.0 Å². The van der Waals surface area contributed by atoms with Crippen LogP contribution in [0.3, 0.4) is 0 Å². The highest BCUT2D eigenvalue weighted by Gasteiger charge is 2.39. The summed E-state index contributed by atoms with van der Waals surface area (Å²) < 4.78 is 0. The van der Waals surface area contributed by atoms with Gasteiger partial charge in [-0.15, -0.1) is 0 Å². The molecule has 0 aliphatic heterocycles. The van der Waals surface area contributed by atoms with Gasteiger partial charge < -0.3 is 4.84 Å². The number of oxime groups is 1. The van der Waals surface area contributed by atoms with E-state index in [0.29, 0.717) is 6.42 Å². The number of non-ortho nitro benzene ring substituents is 1. The van der Waals surface area contributed by atoms with Crippen molar-refractivity contribution < 1.29 is 19.4 Å². The third-order valence-corrected chi connectivity index (χ3v) is 7.13. The molecule has 5 aromatic carbocycles. The van der Waals surface area contributed by atoms with E-state index in [0.717, 1.165) is 33.4 Å². The van der Waals surface area contributed by atoms with Crippen molar-refractivity contribution in [1.29, 1.82) is 0 Å². The predicted molar refractivity (Wildman–Crippen MR) is 169 cm³/mol. The Bertz CT molecular complexity index is 1580. The van der Waals surface area contributed by atoms with Crippen LogP contribution in [0.5, 0.6) is 0 Å². The smallest absolute Gasteiger partial charge is 0.269 e. The number of carbonyl (C=O) groups excluding carboxylic acids is 1. The number of hydrogen-bond acceptors (Lipinski definition) is 6. The highest BCUT2D eigenvalue weighted by atomic mass is 16.7. The normalized spacial score (nSPS) is 11.3. The quantitative estimate of drug-likeness (QED) is 0.0686. The molecule has 1 amide bonds. The third-order valence-electron chi connectivity index (χ3n) is 7.13. The fraction of sp³-hybridized carbons (Fsp3) is 0.111. The molecule has 0 aromatic heterocycles. The summed E-state index contributed by atoms with van der Waals surface area (Å²) in [7, 11) is 0. The molecule has 0 saturated carbocycles. The standard InChI is InChI=1S/C36H31N3O5/c40-35(25-22-28-16-18-29(19-17-28)26-37-43-27-30-20-23-34(24-21-30)39(41)42)38-44-36(31-10-4-1-5-11-31,32-12-6-2-7-13-32)33-14-8-3-9-15-33/h1-21,23-24,26H,22,25,27H2,(H,38,40)/b37-26+. The molecule has 0 heterocycles. The van der Waals surface area contributed by atoms with Gasteiger partial charge in [0.05, 0.1) is 11.1 Å². The van der Waals surface area contributed by atoms with Gasteiger partial charge in [-0.2, -0.15) is 0 Å². The molecule has 0 aliphatic carbocycles. The average molecular weight is 586 g/mol. The summed E-state index contributed by atoms with van der Waals surface area (Å²) in [6, 6.07) is 43.4. The number of nitrogens with one attached hydrogen (secondary N) is 1. The van der Waals surface area contributed by atoms with E-state index in [1.54, 1.807) is 18.3 Å². The first-order valence-electron chi connectivity index (χ1n) is 14.2. The van der Waals surface area contributed by atoms with E-state index < -0.39 is 10.5 Å². The molecule has 5 rings (SSSR count). The van der Waals surface area contributed by atoms with E-state index in [2.05, 4.69) is 10.6 Å². The minimum absolute atomic E-state index is 0.0296. The number of benzene rings is 5. The molecule has 0 aliphatic rings. The second kappa shape index (κ2) is 14.5. The second-order valence-electron chi connectivity index (χ2n) is 10.1. The lowest BCUT2D eigenvalue weighted by Gasteiger charge is -2.35. The van der Waals surface area contributed by atoms with Gasteiger partial charge in [0.25, 0.3) is 5.69 Å². The number of hydroxylamine groups is 1. The highest BCUT2D eigenvalue weighted by molar-refractivity contribution is 5.79. The summed E-state index contributed by atoms with van der Waals surface area (Å²) in [5, 5.41) is 14.7. The number of hydrogen-bond donors (Lipinski definition) is 1. The maximum absolute atomic E-state index is 13.1. The maximum Gasteiger partial charge on any atom is 0.269 e. The molecule has 0 atom stereocenters. The summed E-state index contributed by atoms with van der Waals surface area (Å²) in [5.41, 5.74) is 7.02. The van der Waals surface area contributed by atoms with Crippen LogP contribution < -0.4 is 5.48 Å². The predicted octanol–water partition coefficient (Wildman–Crippen LogP) is 7.12. The van der Waals surface area contributed by atoms with E-state index >= 15 is 0 Å². The molecule has 220 valence electrons. The highest BCUT2D eigenvalue weighted by Crippen LogP contribution is 2.39. The molecule has 0 unspecified atom stereocenters. The number of nitrogens with zero attached hydrogens (tertiary/aromatic N) is 2. The summed E-state index contributed by atoms with van der Waals surface area (Å²) in [6.45, 7) is 0.198. The fourth-order valence-electron chi connectivity index (χ4n) is 4.83. The minimum atomic E-state index is -1.04. The molecule has 5 aromatic rings. The van der Waals surface area contributed by atoms with Gasteiger partial charge in [0, 0.05) is 18.6 Å². The van der Waals surface area contributed by atoms with Gasteiger partial charge in [-0.25, -0.2) is 5.48 Å². The zero-order valence-corrected chi connectivity index (χ0v) is 23.9. The Morgan fingerprint density at radius 2 is 1.23 bits per heavy atom. The van der Waals surface area contributed by atoms with Gasteiger partial charge >= 0.3 is 0 Å². The van der Waals surface area contributed by atoms with Crippen molar-refractivity contribution >= 4 is 17.8 Å². The van der Waals surface area contributed by atoms with Crippen molar-refractivity contribution in [2.75, 3.05) is 0 Å². The van der Waals surface area contributed by atoms with Gasteiger partial charge in [0.2, 0.25) is 5.91 Å². The van der Waals surface area contributed by atoms with E-state index in [1.807, 2.05) is 115 Å². The number of nitro benzene ring substituents is 1. The van der Waals surface area contributed by atoms with E-state index in [9.17, 15) is 14.9 Å². The lowest BCUT2D eigenvalue weighted by Crippen LogP contribution is -2.40. The first kappa shape index (κ1) is 29.9. The van der Waals surface area contributed by atoms with Gasteiger partial charge in [-0.3, -0.25) is 19.7 Å². The summed E-state index contributed by atoms with van der Waals surface area (Å²) in [4.78, 5) is 35.1. The molecule has 0 spiro atoms. The molecule has 8 heteroatoms. The Kier molecular flexibility index (Phi) is 9.87. The molecule has 0 saturated heterocycles. The monoisotopic (exact) mass is 585 g/mol. The SMILES string of the molecule is O=C(CCc1ccc(/C=N/OCc2ccc([N+](=O)[O-])cc2)cc1)NOC(c1ccccc1)(c1ccccc1)c1ccccc1. The van der Waals surface area contributed by atoms with Gasteiger partial charge in [-0.05, 0) is 51.9 Å². The van der Waals surface area contributed by atoms with Crippen LogP contribution in [0.1, 0.15) is 39.8 Å². The maximum atomic E-state index is 13.1. The molecule has 8 nitrogen and oxygen atoms in total. The third kappa shape index (κ3) is 7.42. The lowest BCUT2D eigenvalue weighted by atomic mass is 9.80. The van der Waals surface area contributed by atoms with E-state index in [-0.39, 0.29) is 24.6 Å². The topological polar surface area (TPSA) is 103 Å². The number of rotatable bonds is 13. The van der Waals surface area contributed by atoms with Crippen LogP contribution in [-0.4, -0.2) is 17.0 Å². The number of amides is 1. The Hall–Kier alpha value is -5.60. The van der Waals surface area contributed by atoms with Crippen molar-refractivity contribution in [3.63, 3.8) is 0 Å². The molecule has 0 radical (unpaired) electrons. The van der Waals surface area contributed by atoms with Crippen LogP contribution in [0.25, 0.3) is 0 Å². The van der Waals surface area contributed by atoms with E-state index in [4.69, 9.17) is 9.68 Å². The molecule has 0 fully saturated rings. The van der Waals surface area contributed by atoms with Crippen LogP contribution in [0, 0.1) is 10.1 Å². The van der Waals surface area contributed by atoms with E-state index in [1.165, 1.54) is 12.1 Å². The van der Waals surface area contributed by atoms with Crippen LogP contribution in [0.4, 0.5) is 5.69 Å². The Balaban J connectivity index is 1.19. The first-order chi connectivity index (χ1) is 21.5. The van der Waals surface area contributed by atoms with Crippen molar-refractivity contribution in [3.05, 3.63) is 183 Å². The van der Waals surface area contributed by atoms with Crippen LogP contribution in [0.15, 0.2) is 145 Å². The molecular weight excluding hydrogens is 554 g/mol.